The van der Waals surface area contributed by atoms with Crippen LogP contribution in [0.1, 0.15) is 25.3 Å². The van der Waals surface area contributed by atoms with Gasteiger partial charge < -0.3 is 14.5 Å². The Morgan fingerprint density at radius 1 is 0.955 bits per heavy atom. The van der Waals surface area contributed by atoms with Crippen LogP contribution >= 0.6 is 0 Å². The Labute approximate surface area is 130 Å². The van der Waals surface area contributed by atoms with Crippen molar-refractivity contribution in [2.24, 2.45) is 0 Å². The lowest BCUT2D eigenvalue weighted by Gasteiger charge is -2.18. The lowest BCUT2D eigenvalue weighted by molar-refractivity contribution is 0.397. The molecule has 0 atom stereocenters. The molecule has 1 aromatic heterocycles. The van der Waals surface area contributed by atoms with E-state index in [4.69, 9.17) is 9.47 Å². The summed E-state index contributed by atoms with van der Waals surface area (Å²) >= 11 is 0. The number of methoxy groups -OCH3 is 2. The van der Waals surface area contributed by atoms with Crippen LogP contribution in [0.5, 0.6) is 11.5 Å². The van der Waals surface area contributed by atoms with Gasteiger partial charge >= 0.3 is 0 Å². The SMILES string of the molecule is COc1cccc(OC)c1-c1cc2cc[nH]c2cc1C(C)C. The third kappa shape index (κ3) is 2.33. The molecular formula is C19H21NO2. The van der Waals surface area contributed by atoms with Crippen molar-refractivity contribution >= 4 is 10.9 Å². The first kappa shape index (κ1) is 14.5. The molecule has 0 aliphatic rings. The number of H-pyrrole nitrogens is 1. The Morgan fingerprint density at radius 3 is 2.23 bits per heavy atom. The highest BCUT2D eigenvalue weighted by atomic mass is 16.5. The van der Waals surface area contributed by atoms with Crippen LogP contribution in [-0.2, 0) is 0 Å². The molecule has 0 bridgehead atoms. The van der Waals surface area contributed by atoms with E-state index in [1.165, 1.54) is 10.9 Å². The first-order valence-electron chi connectivity index (χ1n) is 7.48. The number of hydrogen-bond acceptors (Lipinski definition) is 2. The first-order valence-corrected chi connectivity index (χ1v) is 7.48. The molecule has 114 valence electrons. The van der Waals surface area contributed by atoms with E-state index in [2.05, 4.69) is 37.0 Å². The summed E-state index contributed by atoms with van der Waals surface area (Å²) in [6.45, 7) is 4.41. The van der Waals surface area contributed by atoms with Gasteiger partial charge in [-0.2, -0.15) is 0 Å². The molecule has 22 heavy (non-hydrogen) atoms. The maximum absolute atomic E-state index is 5.58. The summed E-state index contributed by atoms with van der Waals surface area (Å²) < 4.78 is 11.2. The van der Waals surface area contributed by atoms with Gasteiger partial charge in [0.05, 0.1) is 19.8 Å². The summed E-state index contributed by atoms with van der Waals surface area (Å²) in [5, 5.41) is 1.19. The molecule has 0 fully saturated rings. The molecular weight excluding hydrogens is 274 g/mol. The van der Waals surface area contributed by atoms with Crippen molar-refractivity contribution in [3.05, 3.63) is 48.2 Å². The van der Waals surface area contributed by atoms with Gasteiger partial charge in [-0.15, -0.1) is 0 Å². The highest BCUT2D eigenvalue weighted by molar-refractivity contribution is 5.90. The lowest BCUT2D eigenvalue weighted by atomic mass is 9.90. The minimum absolute atomic E-state index is 0.400. The molecule has 0 aliphatic carbocycles. The molecule has 0 saturated heterocycles. The van der Waals surface area contributed by atoms with Crippen LogP contribution < -0.4 is 9.47 Å². The zero-order valence-electron chi connectivity index (χ0n) is 13.4. The van der Waals surface area contributed by atoms with Crippen LogP contribution in [0.15, 0.2) is 42.6 Å². The number of aromatic nitrogens is 1. The minimum Gasteiger partial charge on any atom is -0.496 e. The van der Waals surface area contributed by atoms with Crippen molar-refractivity contribution < 1.29 is 9.47 Å². The predicted molar refractivity (Wildman–Crippen MR) is 90.9 cm³/mol. The van der Waals surface area contributed by atoms with Gasteiger partial charge in [-0.1, -0.05) is 19.9 Å². The van der Waals surface area contributed by atoms with Gasteiger partial charge in [0.25, 0.3) is 0 Å². The molecule has 0 spiro atoms. The fraction of sp³-hybridized carbons (Fsp3) is 0.263. The third-order valence-electron chi connectivity index (χ3n) is 4.04. The van der Waals surface area contributed by atoms with Crippen molar-refractivity contribution in [3.63, 3.8) is 0 Å². The average molecular weight is 295 g/mol. The fourth-order valence-corrected chi connectivity index (χ4v) is 2.93. The molecule has 0 radical (unpaired) electrons. The van der Waals surface area contributed by atoms with Gasteiger partial charge in [0, 0.05) is 11.7 Å². The summed E-state index contributed by atoms with van der Waals surface area (Å²) in [6, 6.07) is 12.4. The fourth-order valence-electron chi connectivity index (χ4n) is 2.93. The second-order valence-corrected chi connectivity index (χ2v) is 5.70. The molecule has 0 saturated carbocycles. The van der Waals surface area contributed by atoms with E-state index in [-0.39, 0.29) is 0 Å². The van der Waals surface area contributed by atoms with Crippen molar-refractivity contribution in [2.75, 3.05) is 14.2 Å². The van der Waals surface area contributed by atoms with E-state index in [0.29, 0.717) is 5.92 Å². The summed E-state index contributed by atoms with van der Waals surface area (Å²) in [5.74, 6) is 2.06. The van der Waals surface area contributed by atoms with E-state index in [1.54, 1.807) is 14.2 Å². The zero-order chi connectivity index (χ0) is 15.7. The van der Waals surface area contributed by atoms with Crippen molar-refractivity contribution in [3.8, 4) is 22.6 Å². The Balaban J connectivity index is 2.35. The number of rotatable bonds is 4. The minimum atomic E-state index is 0.400. The zero-order valence-corrected chi connectivity index (χ0v) is 13.4. The van der Waals surface area contributed by atoms with Crippen LogP contribution in [0, 0.1) is 0 Å². The number of ether oxygens (including phenoxy) is 2. The van der Waals surface area contributed by atoms with E-state index in [9.17, 15) is 0 Å². The quantitative estimate of drug-likeness (QED) is 0.737. The first-order chi connectivity index (χ1) is 10.7. The monoisotopic (exact) mass is 295 g/mol. The molecule has 0 aliphatic heterocycles. The molecule has 2 aromatic carbocycles. The van der Waals surface area contributed by atoms with Crippen LogP contribution in [-0.4, -0.2) is 19.2 Å². The molecule has 1 heterocycles. The number of hydrogen-bond donors (Lipinski definition) is 1. The lowest BCUT2D eigenvalue weighted by Crippen LogP contribution is -1.98. The second kappa shape index (κ2) is 5.76. The maximum atomic E-state index is 5.58. The Kier molecular flexibility index (Phi) is 3.80. The highest BCUT2D eigenvalue weighted by Crippen LogP contribution is 2.43. The van der Waals surface area contributed by atoms with Gasteiger partial charge in [-0.05, 0) is 52.8 Å². The van der Waals surface area contributed by atoms with Gasteiger partial charge in [0.15, 0.2) is 0 Å². The van der Waals surface area contributed by atoms with Crippen molar-refractivity contribution in [1.29, 1.82) is 0 Å². The molecule has 0 amide bonds. The largest absolute Gasteiger partial charge is 0.496 e. The van der Waals surface area contributed by atoms with Gasteiger partial charge in [0.1, 0.15) is 11.5 Å². The number of benzene rings is 2. The average Bonchev–Trinajstić information content (AvgIpc) is 2.99. The van der Waals surface area contributed by atoms with Gasteiger partial charge in [-0.3, -0.25) is 0 Å². The van der Waals surface area contributed by atoms with Crippen LogP contribution in [0.2, 0.25) is 0 Å². The molecule has 1 N–H and O–H groups in total. The molecule has 3 heteroatoms. The van der Waals surface area contributed by atoms with Crippen molar-refractivity contribution in [2.45, 2.75) is 19.8 Å². The van der Waals surface area contributed by atoms with E-state index in [1.807, 2.05) is 24.4 Å². The molecule has 0 unspecified atom stereocenters. The highest BCUT2D eigenvalue weighted by Gasteiger charge is 2.18. The van der Waals surface area contributed by atoms with E-state index < -0.39 is 0 Å². The molecule has 3 rings (SSSR count). The summed E-state index contributed by atoms with van der Waals surface area (Å²) in [7, 11) is 3.39. The van der Waals surface area contributed by atoms with Crippen LogP contribution in [0.3, 0.4) is 0 Å². The summed E-state index contributed by atoms with van der Waals surface area (Å²) in [6.07, 6.45) is 1.97. The number of nitrogens with one attached hydrogen (secondary N) is 1. The topological polar surface area (TPSA) is 34.2 Å². The summed E-state index contributed by atoms with van der Waals surface area (Å²) in [4.78, 5) is 3.29. The Hall–Kier alpha value is -2.42. The molecule has 3 aromatic rings. The van der Waals surface area contributed by atoms with Crippen LogP contribution in [0.25, 0.3) is 22.0 Å². The van der Waals surface area contributed by atoms with Gasteiger partial charge in [0.2, 0.25) is 0 Å². The van der Waals surface area contributed by atoms with E-state index >= 15 is 0 Å². The molecule has 3 nitrogen and oxygen atoms in total. The maximum Gasteiger partial charge on any atom is 0.130 e. The second-order valence-electron chi connectivity index (χ2n) is 5.70. The standard InChI is InChI=1S/C19H21NO2/c1-12(2)14-11-16-13(8-9-20-16)10-15(14)19-17(21-3)6-5-7-18(19)22-4/h5-12,20H,1-4H3. The van der Waals surface area contributed by atoms with Gasteiger partial charge in [-0.25, -0.2) is 0 Å². The Morgan fingerprint density at radius 2 is 1.64 bits per heavy atom. The normalized spacial score (nSPS) is 11.1. The van der Waals surface area contributed by atoms with Crippen molar-refractivity contribution in [1.82, 2.24) is 4.98 Å². The predicted octanol–water partition coefficient (Wildman–Crippen LogP) is 4.98. The summed E-state index contributed by atoms with van der Waals surface area (Å²) in [5.41, 5.74) is 4.61. The Bertz CT molecular complexity index is 780. The smallest absolute Gasteiger partial charge is 0.130 e. The number of aromatic amines is 1. The van der Waals surface area contributed by atoms with E-state index in [0.717, 1.165) is 28.1 Å². The van der Waals surface area contributed by atoms with Crippen LogP contribution in [0.4, 0.5) is 0 Å². The number of fused-ring (bicyclic) bond motifs is 1. The third-order valence-corrected chi connectivity index (χ3v) is 4.04.